The molecule has 0 aliphatic heterocycles. The van der Waals surface area contributed by atoms with Gasteiger partial charge in [0.25, 0.3) is 0 Å². The molecule has 2 aromatic rings. The highest BCUT2D eigenvalue weighted by Crippen LogP contribution is 2.37. The van der Waals surface area contributed by atoms with Crippen LogP contribution in [-0.4, -0.2) is 13.2 Å². The lowest BCUT2D eigenvalue weighted by Crippen LogP contribution is -2.14. The Morgan fingerprint density at radius 3 is 2.36 bits per heavy atom. The van der Waals surface area contributed by atoms with E-state index in [0.717, 1.165) is 30.6 Å². The fourth-order valence-electron chi connectivity index (χ4n) is 2.38. The third-order valence-electron chi connectivity index (χ3n) is 3.63. The number of nitrogens with one attached hydrogen (secondary N) is 1. The number of benzene rings is 2. The lowest BCUT2D eigenvalue weighted by Gasteiger charge is -2.16. The summed E-state index contributed by atoms with van der Waals surface area (Å²) in [4.78, 5) is 0. The second-order valence-corrected chi connectivity index (χ2v) is 6.20. The first kappa shape index (κ1) is 21.6. The molecule has 25 heavy (non-hydrogen) atoms. The molecule has 0 saturated heterocycles. The van der Waals surface area contributed by atoms with E-state index >= 15 is 0 Å². The van der Waals surface area contributed by atoms with Crippen LogP contribution in [0.2, 0.25) is 5.02 Å². The molecule has 0 heterocycles. The van der Waals surface area contributed by atoms with Crippen LogP contribution < -0.4 is 14.8 Å². The monoisotopic (exact) mass is 383 g/mol. The first-order valence-electron chi connectivity index (χ1n) is 8.48. The zero-order valence-corrected chi connectivity index (χ0v) is 16.7. The second-order valence-electron chi connectivity index (χ2n) is 5.79. The van der Waals surface area contributed by atoms with Gasteiger partial charge in [0, 0.05) is 6.54 Å². The second kappa shape index (κ2) is 11.2. The Hall–Kier alpha value is -1.42. The van der Waals surface area contributed by atoms with E-state index in [9.17, 15) is 0 Å². The fourth-order valence-corrected chi connectivity index (χ4v) is 2.66. The summed E-state index contributed by atoms with van der Waals surface area (Å²) in [6.07, 6.45) is 1.10. The Kier molecular flexibility index (Phi) is 9.73. The van der Waals surface area contributed by atoms with Gasteiger partial charge in [0.1, 0.15) is 6.61 Å². The van der Waals surface area contributed by atoms with Crippen LogP contribution in [-0.2, 0) is 13.2 Å². The highest BCUT2D eigenvalue weighted by molar-refractivity contribution is 6.32. The number of halogens is 2. The average molecular weight is 384 g/mol. The van der Waals surface area contributed by atoms with Crippen molar-refractivity contribution in [2.75, 3.05) is 13.2 Å². The first-order chi connectivity index (χ1) is 11.6. The van der Waals surface area contributed by atoms with Crippen LogP contribution in [0.4, 0.5) is 0 Å². The molecule has 2 aromatic carbocycles. The lowest BCUT2D eigenvalue weighted by atomic mass is 10.1. The number of hydrogen-bond donors (Lipinski definition) is 1. The molecular weight excluding hydrogens is 357 g/mol. The van der Waals surface area contributed by atoms with Gasteiger partial charge in [0.15, 0.2) is 11.5 Å². The molecule has 0 aliphatic carbocycles. The number of hydrogen-bond acceptors (Lipinski definition) is 3. The summed E-state index contributed by atoms with van der Waals surface area (Å²) >= 11 is 6.44. The van der Waals surface area contributed by atoms with Gasteiger partial charge in [-0.25, -0.2) is 0 Å². The van der Waals surface area contributed by atoms with Crippen molar-refractivity contribution in [3.8, 4) is 11.5 Å². The van der Waals surface area contributed by atoms with Crippen molar-refractivity contribution in [1.29, 1.82) is 0 Å². The van der Waals surface area contributed by atoms with Gasteiger partial charge in [-0.1, -0.05) is 48.4 Å². The molecule has 0 spiro atoms. The molecule has 5 heteroatoms. The summed E-state index contributed by atoms with van der Waals surface area (Å²) in [5.41, 5.74) is 3.43. The van der Waals surface area contributed by atoms with Crippen molar-refractivity contribution in [2.24, 2.45) is 0 Å². The molecule has 2 rings (SSSR count). The molecule has 0 fully saturated rings. The van der Waals surface area contributed by atoms with Crippen LogP contribution in [0.15, 0.2) is 36.4 Å². The highest BCUT2D eigenvalue weighted by Gasteiger charge is 2.13. The molecule has 3 nitrogen and oxygen atoms in total. The topological polar surface area (TPSA) is 30.5 Å². The largest absolute Gasteiger partial charge is 0.490 e. The smallest absolute Gasteiger partial charge is 0.180 e. The van der Waals surface area contributed by atoms with E-state index in [1.165, 1.54) is 5.56 Å². The highest BCUT2D eigenvalue weighted by atomic mass is 35.5. The predicted octanol–water partition coefficient (Wildman–Crippen LogP) is 5.55. The lowest BCUT2D eigenvalue weighted by molar-refractivity contribution is 0.269. The normalized spacial score (nSPS) is 10.2. The van der Waals surface area contributed by atoms with Crippen molar-refractivity contribution in [2.45, 2.75) is 40.3 Å². The van der Waals surface area contributed by atoms with E-state index in [0.29, 0.717) is 29.7 Å². The summed E-state index contributed by atoms with van der Waals surface area (Å²) < 4.78 is 11.7. The molecule has 0 saturated carbocycles. The van der Waals surface area contributed by atoms with Crippen molar-refractivity contribution in [3.05, 3.63) is 58.1 Å². The summed E-state index contributed by atoms with van der Waals surface area (Å²) in [7, 11) is 0. The standard InChI is InChI=1S/C20H26ClNO2.ClH/c1-4-10-22-13-17-11-18(21)20(19(12-17)23-5-2)24-14-16-8-6-15(3)7-9-16;/h6-9,11-12,22H,4-5,10,13-14H2,1-3H3;1H. The van der Waals surface area contributed by atoms with Gasteiger partial charge in [-0.15, -0.1) is 12.4 Å². The molecular formula is C20H27Cl2NO2. The van der Waals surface area contributed by atoms with Gasteiger partial charge < -0.3 is 14.8 Å². The quantitative estimate of drug-likeness (QED) is 0.575. The van der Waals surface area contributed by atoms with Crippen molar-refractivity contribution in [3.63, 3.8) is 0 Å². The Balaban J connectivity index is 0.00000312. The summed E-state index contributed by atoms with van der Waals surface area (Å²) in [5.74, 6) is 1.31. The molecule has 0 bridgehead atoms. The average Bonchev–Trinajstić information content (AvgIpc) is 2.56. The van der Waals surface area contributed by atoms with Gasteiger partial charge >= 0.3 is 0 Å². The molecule has 0 unspecified atom stereocenters. The molecule has 1 N–H and O–H groups in total. The van der Waals surface area contributed by atoms with Crippen LogP contribution in [0.1, 0.15) is 37.0 Å². The summed E-state index contributed by atoms with van der Waals surface area (Å²) in [5, 5.41) is 3.96. The minimum Gasteiger partial charge on any atom is -0.490 e. The minimum absolute atomic E-state index is 0. The Morgan fingerprint density at radius 1 is 1.00 bits per heavy atom. The zero-order chi connectivity index (χ0) is 17.4. The first-order valence-corrected chi connectivity index (χ1v) is 8.86. The predicted molar refractivity (Wildman–Crippen MR) is 107 cm³/mol. The number of ether oxygens (including phenoxy) is 2. The maximum Gasteiger partial charge on any atom is 0.180 e. The molecule has 0 aromatic heterocycles. The molecule has 0 atom stereocenters. The number of aryl methyl sites for hydroxylation is 1. The van der Waals surface area contributed by atoms with Gasteiger partial charge in [-0.3, -0.25) is 0 Å². The number of rotatable bonds is 9. The molecule has 0 radical (unpaired) electrons. The molecule has 0 amide bonds. The summed E-state index contributed by atoms with van der Waals surface area (Å²) in [6, 6.07) is 12.2. The third kappa shape index (κ3) is 6.77. The SMILES string of the molecule is CCCNCc1cc(Cl)c(OCc2ccc(C)cc2)c(OCC)c1.Cl. The van der Waals surface area contributed by atoms with E-state index in [1.54, 1.807) is 0 Å². The Labute approximate surface area is 162 Å². The Bertz CT molecular complexity index is 645. The molecule has 138 valence electrons. The van der Waals surface area contributed by atoms with Crippen LogP contribution in [0, 0.1) is 6.92 Å². The van der Waals surface area contributed by atoms with Gasteiger partial charge in [-0.2, -0.15) is 0 Å². The van der Waals surface area contributed by atoms with Crippen molar-refractivity contribution < 1.29 is 9.47 Å². The van der Waals surface area contributed by atoms with Crippen molar-refractivity contribution in [1.82, 2.24) is 5.32 Å². The maximum atomic E-state index is 6.44. The summed E-state index contributed by atoms with van der Waals surface area (Å²) in [6.45, 7) is 8.96. The van der Waals surface area contributed by atoms with Gasteiger partial charge in [0.05, 0.1) is 11.6 Å². The minimum atomic E-state index is 0. The van der Waals surface area contributed by atoms with Crippen LogP contribution in [0.5, 0.6) is 11.5 Å². The van der Waals surface area contributed by atoms with Crippen LogP contribution in [0.25, 0.3) is 0 Å². The third-order valence-corrected chi connectivity index (χ3v) is 3.91. The van der Waals surface area contributed by atoms with E-state index in [2.05, 4.69) is 43.4 Å². The molecule has 0 aliphatic rings. The zero-order valence-electron chi connectivity index (χ0n) is 15.1. The van der Waals surface area contributed by atoms with Crippen LogP contribution >= 0.6 is 24.0 Å². The van der Waals surface area contributed by atoms with Crippen molar-refractivity contribution >= 4 is 24.0 Å². The van der Waals surface area contributed by atoms with E-state index in [1.807, 2.05) is 19.1 Å². The fraction of sp³-hybridized carbons (Fsp3) is 0.400. The van der Waals surface area contributed by atoms with Gasteiger partial charge in [-0.05, 0) is 50.1 Å². The van der Waals surface area contributed by atoms with E-state index in [4.69, 9.17) is 21.1 Å². The maximum absolute atomic E-state index is 6.44. The van der Waals surface area contributed by atoms with Gasteiger partial charge in [0.2, 0.25) is 0 Å². The van der Waals surface area contributed by atoms with Crippen LogP contribution in [0.3, 0.4) is 0 Å². The Morgan fingerprint density at radius 2 is 1.72 bits per heavy atom. The van der Waals surface area contributed by atoms with E-state index in [-0.39, 0.29) is 12.4 Å². The van der Waals surface area contributed by atoms with E-state index < -0.39 is 0 Å².